The minimum Gasteiger partial charge on any atom is -0.493 e. The number of amides is 2. The van der Waals surface area contributed by atoms with Gasteiger partial charge in [-0.3, -0.25) is 0 Å². The molecule has 0 bridgehead atoms. The first-order chi connectivity index (χ1) is 14.1. The number of rotatable bonds is 6. The summed E-state index contributed by atoms with van der Waals surface area (Å²) in [5, 5.41) is 11.8. The molecule has 1 unspecified atom stereocenters. The number of carbonyl (C=O) groups is 1. The summed E-state index contributed by atoms with van der Waals surface area (Å²) >= 11 is 0. The third-order valence-corrected chi connectivity index (χ3v) is 4.50. The van der Waals surface area contributed by atoms with Gasteiger partial charge >= 0.3 is 6.03 Å². The molecule has 152 valence electrons. The Morgan fingerprint density at radius 1 is 1.21 bits per heavy atom. The Balaban J connectivity index is 1.64. The van der Waals surface area contributed by atoms with E-state index in [1.54, 1.807) is 29.2 Å². The van der Waals surface area contributed by atoms with Gasteiger partial charge in [0.1, 0.15) is 6.10 Å². The quantitative estimate of drug-likeness (QED) is 0.797. The molecule has 0 saturated carbocycles. The minimum atomic E-state index is -0.260. The highest BCUT2D eigenvalue weighted by molar-refractivity contribution is 5.90. The molecule has 1 aliphatic heterocycles. The molecular formula is C20H22N4O5. The topological polar surface area (TPSA) is 106 Å². The van der Waals surface area contributed by atoms with Crippen molar-refractivity contribution in [3.63, 3.8) is 0 Å². The van der Waals surface area contributed by atoms with Gasteiger partial charge in [-0.05, 0) is 6.07 Å². The van der Waals surface area contributed by atoms with Crippen molar-refractivity contribution in [2.45, 2.75) is 12.5 Å². The van der Waals surface area contributed by atoms with Gasteiger partial charge in [0.25, 0.3) is 0 Å². The van der Waals surface area contributed by atoms with Gasteiger partial charge in [-0.25, -0.2) is 9.78 Å². The van der Waals surface area contributed by atoms with E-state index in [0.717, 1.165) is 0 Å². The van der Waals surface area contributed by atoms with Crippen molar-refractivity contribution >= 4 is 11.7 Å². The van der Waals surface area contributed by atoms with Crippen LogP contribution in [0.25, 0.3) is 0 Å². The molecule has 2 aromatic rings. The molecule has 0 radical (unpaired) electrons. The molecule has 3 rings (SSSR count). The number of nitrogens with one attached hydrogen (secondary N) is 1. The molecule has 1 saturated heterocycles. The molecule has 9 nitrogen and oxygen atoms in total. The van der Waals surface area contributed by atoms with E-state index in [4.69, 9.17) is 24.2 Å². The van der Waals surface area contributed by atoms with Crippen LogP contribution in [-0.2, 0) is 0 Å². The summed E-state index contributed by atoms with van der Waals surface area (Å²) in [6, 6.07) is 8.32. The van der Waals surface area contributed by atoms with Gasteiger partial charge < -0.3 is 29.2 Å². The van der Waals surface area contributed by atoms with Crippen molar-refractivity contribution in [3.8, 4) is 29.2 Å². The zero-order valence-corrected chi connectivity index (χ0v) is 16.5. The van der Waals surface area contributed by atoms with E-state index >= 15 is 0 Å². The Labute approximate surface area is 168 Å². The van der Waals surface area contributed by atoms with E-state index in [0.29, 0.717) is 53.9 Å². The van der Waals surface area contributed by atoms with Crippen LogP contribution < -0.4 is 24.3 Å². The SMILES string of the molecule is COc1cc(NC(=O)N2CCC(Oc3cc(C#N)ccn3)C2)cc(OC)c1OC. The molecule has 1 aromatic heterocycles. The monoisotopic (exact) mass is 398 g/mol. The van der Waals surface area contributed by atoms with Crippen LogP contribution in [0.3, 0.4) is 0 Å². The second-order valence-electron chi connectivity index (χ2n) is 6.31. The van der Waals surface area contributed by atoms with Gasteiger partial charge in [-0.2, -0.15) is 5.26 Å². The fourth-order valence-corrected chi connectivity index (χ4v) is 3.08. The summed E-state index contributed by atoms with van der Waals surface area (Å²) in [4.78, 5) is 18.4. The van der Waals surface area contributed by atoms with Crippen molar-refractivity contribution in [1.82, 2.24) is 9.88 Å². The summed E-state index contributed by atoms with van der Waals surface area (Å²) in [6.45, 7) is 0.952. The molecular weight excluding hydrogens is 376 g/mol. The normalized spacial score (nSPS) is 15.4. The van der Waals surface area contributed by atoms with Crippen LogP contribution in [0.1, 0.15) is 12.0 Å². The second-order valence-corrected chi connectivity index (χ2v) is 6.31. The summed E-state index contributed by atoms with van der Waals surface area (Å²) in [5.41, 5.74) is 1.00. The lowest BCUT2D eigenvalue weighted by molar-refractivity contribution is 0.190. The van der Waals surface area contributed by atoms with Crippen LogP contribution >= 0.6 is 0 Å². The van der Waals surface area contributed by atoms with E-state index < -0.39 is 0 Å². The van der Waals surface area contributed by atoms with Gasteiger partial charge in [0, 0.05) is 37.4 Å². The van der Waals surface area contributed by atoms with Crippen LogP contribution in [0.2, 0.25) is 0 Å². The lowest BCUT2D eigenvalue weighted by Gasteiger charge is -2.19. The Bertz CT molecular complexity index is 902. The standard InChI is InChI=1S/C20H22N4O5/c1-26-16-9-14(10-17(27-2)19(16)28-3)23-20(25)24-7-5-15(12-24)29-18-8-13(11-21)4-6-22-18/h4,6,8-10,15H,5,7,12H2,1-3H3,(H,23,25). The number of nitriles is 1. The molecule has 0 spiro atoms. The number of carbonyl (C=O) groups excluding carboxylic acids is 1. The van der Waals surface area contributed by atoms with Crippen molar-refractivity contribution in [1.29, 1.82) is 5.26 Å². The van der Waals surface area contributed by atoms with Crippen LogP contribution in [0.15, 0.2) is 30.5 Å². The van der Waals surface area contributed by atoms with Crippen molar-refractivity contribution in [3.05, 3.63) is 36.0 Å². The second kappa shape index (κ2) is 9.01. The van der Waals surface area contributed by atoms with Gasteiger partial charge in [0.05, 0.1) is 45.2 Å². The number of nitrogens with zero attached hydrogens (tertiary/aromatic N) is 3. The summed E-state index contributed by atoms with van der Waals surface area (Å²) < 4.78 is 21.7. The third-order valence-electron chi connectivity index (χ3n) is 4.50. The number of aromatic nitrogens is 1. The molecule has 1 aliphatic rings. The Hall–Kier alpha value is -3.67. The molecule has 2 amide bonds. The third kappa shape index (κ3) is 4.60. The highest BCUT2D eigenvalue weighted by atomic mass is 16.5. The number of urea groups is 1. The lowest BCUT2D eigenvalue weighted by atomic mass is 10.2. The molecule has 1 N–H and O–H groups in total. The predicted octanol–water partition coefficient (Wildman–Crippen LogP) is 2.66. The first kappa shape index (κ1) is 20.1. The first-order valence-corrected chi connectivity index (χ1v) is 8.96. The Morgan fingerprint density at radius 2 is 1.93 bits per heavy atom. The average Bonchev–Trinajstić information content (AvgIpc) is 3.21. The van der Waals surface area contributed by atoms with Gasteiger partial charge in [-0.1, -0.05) is 0 Å². The number of methoxy groups -OCH3 is 3. The Morgan fingerprint density at radius 3 is 2.55 bits per heavy atom. The smallest absolute Gasteiger partial charge is 0.321 e. The maximum atomic E-state index is 12.7. The van der Waals surface area contributed by atoms with Crippen LogP contribution in [0.4, 0.5) is 10.5 Å². The highest BCUT2D eigenvalue weighted by Crippen LogP contribution is 2.40. The number of benzene rings is 1. The number of anilines is 1. The van der Waals surface area contributed by atoms with Crippen molar-refractivity contribution < 1.29 is 23.7 Å². The molecule has 1 fully saturated rings. The van der Waals surface area contributed by atoms with E-state index in [1.165, 1.54) is 27.5 Å². The minimum absolute atomic E-state index is 0.192. The fourth-order valence-electron chi connectivity index (χ4n) is 3.08. The van der Waals surface area contributed by atoms with Crippen LogP contribution in [0.5, 0.6) is 23.1 Å². The van der Waals surface area contributed by atoms with Gasteiger partial charge in [0.15, 0.2) is 11.5 Å². The van der Waals surface area contributed by atoms with E-state index in [-0.39, 0.29) is 12.1 Å². The molecule has 9 heteroatoms. The summed E-state index contributed by atoms with van der Waals surface area (Å²) in [7, 11) is 4.55. The van der Waals surface area contributed by atoms with Crippen LogP contribution in [-0.4, -0.2) is 56.4 Å². The highest BCUT2D eigenvalue weighted by Gasteiger charge is 2.28. The lowest BCUT2D eigenvalue weighted by Crippen LogP contribution is -2.34. The molecule has 1 aromatic carbocycles. The Kier molecular flexibility index (Phi) is 6.24. The maximum absolute atomic E-state index is 12.7. The molecule has 29 heavy (non-hydrogen) atoms. The van der Waals surface area contributed by atoms with E-state index in [1.807, 2.05) is 6.07 Å². The van der Waals surface area contributed by atoms with E-state index in [2.05, 4.69) is 10.3 Å². The first-order valence-electron chi connectivity index (χ1n) is 8.96. The van der Waals surface area contributed by atoms with E-state index in [9.17, 15) is 4.79 Å². The maximum Gasteiger partial charge on any atom is 0.321 e. The largest absolute Gasteiger partial charge is 0.493 e. The van der Waals surface area contributed by atoms with Crippen molar-refractivity contribution in [2.75, 3.05) is 39.7 Å². The fraction of sp³-hybridized carbons (Fsp3) is 0.350. The average molecular weight is 398 g/mol. The number of hydrogen-bond acceptors (Lipinski definition) is 7. The number of hydrogen-bond donors (Lipinski definition) is 1. The number of likely N-dealkylation sites (tertiary alicyclic amines) is 1. The zero-order valence-electron chi connectivity index (χ0n) is 16.5. The number of ether oxygens (including phenoxy) is 4. The number of pyridine rings is 1. The molecule has 2 heterocycles. The van der Waals surface area contributed by atoms with Crippen molar-refractivity contribution in [2.24, 2.45) is 0 Å². The molecule has 1 atom stereocenters. The van der Waals surface area contributed by atoms with Crippen LogP contribution in [0, 0.1) is 11.3 Å². The summed E-state index contributed by atoms with van der Waals surface area (Å²) in [5.74, 6) is 1.73. The summed E-state index contributed by atoms with van der Waals surface area (Å²) in [6.07, 6.45) is 2.00. The molecule has 0 aliphatic carbocycles. The van der Waals surface area contributed by atoms with Gasteiger partial charge in [-0.15, -0.1) is 0 Å². The van der Waals surface area contributed by atoms with Gasteiger partial charge in [0.2, 0.25) is 11.6 Å². The zero-order chi connectivity index (χ0) is 20.8. The predicted molar refractivity (Wildman–Crippen MR) is 105 cm³/mol.